The number of primary sulfonamides is 1. The summed E-state index contributed by atoms with van der Waals surface area (Å²) in [5.74, 6) is 7.19. The van der Waals surface area contributed by atoms with Gasteiger partial charge in [0.1, 0.15) is 17.5 Å². The Balaban J connectivity index is 2.72. The molecule has 0 fully saturated rings. The number of anilines is 2. The van der Waals surface area contributed by atoms with Crippen molar-refractivity contribution in [3.63, 3.8) is 0 Å². The van der Waals surface area contributed by atoms with Gasteiger partial charge < -0.3 is 10.7 Å². The van der Waals surface area contributed by atoms with E-state index in [2.05, 4.69) is 20.7 Å². The normalized spacial score (nSPS) is 11.4. The van der Waals surface area contributed by atoms with Crippen LogP contribution < -0.4 is 21.7 Å². The van der Waals surface area contributed by atoms with Gasteiger partial charge in [-0.3, -0.25) is 0 Å². The maximum Gasteiger partial charge on any atom is 0.209 e. The van der Waals surface area contributed by atoms with Crippen molar-refractivity contribution in [1.82, 2.24) is 9.97 Å². The molecular formula is C10H20N6O2S. The van der Waals surface area contributed by atoms with Gasteiger partial charge in [0, 0.05) is 18.5 Å². The number of aryl methyl sites for hydroxylation is 1. The molecule has 1 aromatic rings. The fraction of sp³-hybridized carbons (Fsp3) is 0.600. The van der Waals surface area contributed by atoms with Crippen LogP contribution in [0.1, 0.15) is 24.7 Å². The molecule has 0 bridgehead atoms. The summed E-state index contributed by atoms with van der Waals surface area (Å²) in [6, 6.07) is 0. The van der Waals surface area contributed by atoms with Crippen LogP contribution in [0.2, 0.25) is 0 Å². The molecule has 0 aliphatic carbocycles. The molecule has 1 aromatic heterocycles. The van der Waals surface area contributed by atoms with Crippen molar-refractivity contribution in [2.75, 3.05) is 23.0 Å². The Kier molecular flexibility index (Phi) is 5.45. The Labute approximate surface area is 113 Å². The topological polar surface area (TPSA) is 136 Å². The molecule has 0 amide bonds. The minimum atomic E-state index is -3.42. The fourth-order valence-electron chi connectivity index (χ4n) is 1.51. The van der Waals surface area contributed by atoms with Crippen LogP contribution in [0.15, 0.2) is 0 Å². The van der Waals surface area contributed by atoms with Crippen LogP contribution in [0.5, 0.6) is 0 Å². The van der Waals surface area contributed by atoms with E-state index in [-0.39, 0.29) is 5.75 Å². The minimum absolute atomic E-state index is 0.0627. The Bertz CT molecular complexity index is 531. The van der Waals surface area contributed by atoms with E-state index in [4.69, 9.17) is 11.0 Å². The number of hydrazine groups is 1. The van der Waals surface area contributed by atoms with Gasteiger partial charge in [0.05, 0.1) is 5.75 Å². The van der Waals surface area contributed by atoms with Crippen molar-refractivity contribution in [1.29, 1.82) is 0 Å². The fourth-order valence-corrected chi connectivity index (χ4v) is 2.06. The first-order chi connectivity index (χ1) is 8.87. The van der Waals surface area contributed by atoms with E-state index < -0.39 is 10.0 Å². The summed E-state index contributed by atoms with van der Waals surface area (Å²) in [7, 11) is -3.42. The maximum atomic E-state index is 10.8. The van der Waals surface area contributed by atoms with Crippen molar-refractivity contribution >= 4 is 21.7 Å². The molecule has 9 heteroatoms. The summed E-state index contributed by atoms with van der Waals surface area (Å²) < 4.78 is 21.6. The molecule has 0 unspecified atom stereocenters. The van der Waals surface area contributed by atoms with Gasteiger partial charge >= 0.3 is 0 Å². The van der Waals surface area contributed by atoms with Crippen molar-refractivity contribution in [3.05, 3.63) is 11.4 Å². The lowest BCUT2D eigenvalue weighted by Gasteiger charge is -2.12. The molecule has 8 nitrogen and oxygen atoms in total. The number of hydrogen-bond donors (Lipinski definition) is 4. The van der Waals surface area contributed by atoms with Crippen LogP contribution in [0, 0.1) is 6.92 Å². The molecule has 0 aliphatic heterocycles. The highest BCUT2D eigenvalue weighted by Crippen LogP contribution is 2.19. The third-order valence-electron chi connectivity index (χ3n) is 2.54. The third kappa shape index (κ3) is 4.97. The number of nitrogens with one attached hydrogen (secondary N) is 2. The van der Waals surface area contributed by atoms with E-state index in [0.29, 0.717) is 36.8 Å². The molecule has 108 valence electrons. The van der Waals surface area contributed by atoms with E-state index in [9.17, 15) is 8.42 Å². The number of rotatable bonds is 7. The first-order valence-corrected chi connectivity index (χ1v) is 7.67. The maximum absolute atomic E-state index is 10.8. The second-order valence-corrected chi connectivity index (χ2v) is 5.84. The smallest absolute Gasteiger partial charge is 0.209 e. The Morgan fingerprint density at radius 2 is 1.89 bits per heavy atom. The van der Waals surface area contributed by atoms with Gasteiger partial charge in [0.25, 0.3) is 0 Å². The summed E-state index contributed by atoms with van der Waals surface area (Å²) >= 11 is 0. The lowest BCUT2D eigenvalue weighted by Crippen LogP contribution is -2.19. The molecule has 1 rings (SSSR count). The number of nitrogens with zero attached hydrogens (tertiary/aromatic N) is 2. The first kappa shape index (κ1) is 15.6. The first-order valence-electron chi connectivity index (χ1n) is 5.96. The highest BCUT2D eigenvalue weighted by atomic mass is 32.2. The van der Waals surface area contributed by atoms with Crippen molar-refractivity contribution in [3.8, 4) is 0 Å². The van der Waals surface area contributed by atoms with Gasteiger partial charge in [-0.15, -0.1) is 0 Å². The Morgan fingerprint density at radius 1 is 1.26 bits per heavy atom. The molecule has 1 heterocycles. The van der Waals surface area contributed by atoms with Gasteiger partial charge in [-0.2, -0.15) is 0 Å². The highest BCUT2D eigenvalue weighted by molar-refractivity contribution is 7.89. The van der Waals surface area contributed by atoms with Gasteiger partial charge in [0.15, 0.2) is 0 Å². The summed E-state index contributed by atoms with van der Waals surface area (Å²) in [6.45, 7) is 4.23. The number of aromatic nitrogens is 2. The lowest BCUT2D eigenvalue weighted by atomic mass is 10.3. The van der Waals surface area contributed by atoms with E-state index in [1.165, 1.54) is 0 Å². The van der Waals surface area contributed by atoms with Gasteiger partial charge in [-0.1, -0.05) is 6.92 Å². The largest absolute Gasteiger partial charge is 0.370 e. The predicted molar refractivity (Wildman–Crippen MR) is 75.0 cm³/mol. The van der Waals surface area contributed by atoms with E-state index in [1.807, 2.05) is 13.8 Å². The summed E-state index contributed by atoms with van der Waals surface area (Å²) in [5.41, 5.74) is 3.31. The van der Waals surface area contributed by atoms with Crippen LogP contribution in [0.3, 0.4) is 0 Å². The van der Waals surface area contributed by atoms with E-state index in [1.54, 1.807) is 0 Å². The zero-order chi connectivity index (χ0) is 14.5. The number of nitrogens with two attached hydrogens (primary N) is 2. The number of hydrogen-bond acceptors (Lipinski definition) is 7. The molecule has 19 heavy (non-hydrogen) atoms. The molecule has 0 spiro atoms. The van der Waals surface area contributed by atoms with Gasteiger partial charge in [0.2, 0.25) is 10.0 Å². The standard InChI is InChI=1S/C10H20N6O2S/c1-3-8-14-9(7(2)10(15-8)16-11)13-5-4-6-19(12,17)18/h3-6,11H2,1-2H3,(H2,12,17,18)(H2,13,14,15,16). The van der Waals surface area contributed by atoms with Gasteiger partial charge in [-0.05, 0) is 13.3 Å². The van der Waals surface area contributed by atoms with Crippen molar-refractivity contribution in [2.45, 2.75) is 26.7 Å². The molecule has 0 radical (unpaired) electrons. The average Bonchev–Trinajstić information content (AvgIpc) is 2.35. The molecular weight excluding hydrogens is 268 g/mol. The molecule has 0 aliphatic rings. The zero-order valence-corrected chi connectivity index (χ0v) is 11.9. The Hall–Kier alpha value is -1.45. The average molecular weight is 288 g/mol. The van der Waals surface area contributed by atoms with Crippen LogP contribution in [-0.4, -0.2) is 30.7 Å². The summed E-state index contributed by atoms with van der Waals surface area (Å²) in [6.07, 6.45) is 1.09. The number of nitrogen functional groups attached to an aromatic ring is 1. The van der Waals surface area contributed by atoms with Crippen LogP contribution in [0.25, 0.3) is 0 Å². The minimum Gasteiger partial charge on any atom is -0.370 e. The monoisotopic (exact) mass is 288 g/mol. The third-order valence-corrected chi connectivity index (χ3v) is 3.40. The van der Waals surface area contributed by atoms with Crippen molar-refractivity contribution < 1.29 is 8.42 Å². The van der Waals surface area contributed by atoms with E-state index >= 15 is 0 Å². The van der Waals surface area contributed by atoms with E-state index in [0.717, 1.165) is 5.56 Å². The summed E-state index contributed by atoms with van der Waals surface area (Å²) in [4.78, 5) is 8.57. The SMILES string of the molecule is CCc1nc(NN)c(C)c(NCCCS(N)(=O)=O)n1. The number of sulfonamides is 1. The van der Waals surface area contributed by atoms with Gasteiger partial charge in [-0.25, -0.2) is 29.4 Å². The van der Waals surface area contributed by atoms with Crippen LogP contribution in [0.4, 0.5) is 11.6 Å². The predicted octanol–water partition coefficient (Wildman–Crippen LogP) is -0.276. The second-order valence-electron chi connectivity index (χ2n) is 4.11. The Morgan fingerprint density at radius 3 is 2.42 bits per heavy atom. The van der Waals surface area contributed by atoms with Crippen LogP contribution in [-0.2, 0) is 16.4 Å². The lowest BCUT2D eigenvalue weighted by molar-refractivity contribution is 0.595. The highest BCUT2D eigenvalue weighted by Gasteiger charge is 2.09. The summed E-state index contributed by atoms with van der Waals surface area (Å²) in [5, 5.41) is 8.00. The zero-order valence-electron chi connectivity index (χ0n) is 11.1. The quantitative estimate of drug-likeness (QED) is 0.308. The van der Waals surface area contributed by atoms with Crippen molar-refractivity contribution in [2.24, 2.45) is 11.0 Å². The molecule has 0 saturated heterocycles. The second kappa shape index (κ2) is 6.64. The van der Waals surface area contributed by atoms with Crippen LogP contribution >= 0.6 is 0 Å². The molecule has 0 aromatic carbocycles. The molecule has 0 saturated carbocycles. The molecule has 0 atom stereocenters. The molecule has 6 N–H and O–H groups in total.